The number of rotatable bonds is 6. The van der Waals surface area contributed by atoms with Crippen LogP contribution in [-0.4, -0.2) is 41.4 Å². The van der Waals surface area contributed by atoms with Crippen LogP contribution in [0.4, 0.5) is 11.4 Å². The van der Waals surface area contributed by atoms with Gasteiger partial charge < -0.3 is 11.1 Å². The summed E-state index contributed by atoms with van der Waals surface area (Å²) in [6.07, 6.45) is 2.22. The van der Waals surface area contributed by atoms with E-state index >= 15 is 0 Å². The molecule has 1 aromatic rings. The van der Waals surface area contributed by atoms with Crippen LogP contribution in [0.25, 0.3) is 0 Å². The topological polar surface area (TPSA) is 102 Å². The summed E-state index contributed by atoms with van der Waals surface area (Å²) in [6, 6.07) is 4.51. The van der Waals surface area contributed by atoms with Gasteiger partial charge in [-0.15, -0.1) is 0 Å². The van der Waals surface area contributed by atoms with Crippen LogP contribution >= 0.6 is 0 Å². The quantitative estimate of drug-likeness (QED) is 0.612. The van der Waals surface area contributed by atoms with Gasteiger partial charge in [-0.25, -0.2) is 0 Å². The van der Waals surface area contributed by atoms with Crippen LogP contribution in [0.3, 0.4) is 0 Å². The van der Waals surface area contributed by atoms with Gasteiger partial charge in [0.15, 0.2) is 0 Å². The van der Waals surface area contributed by atoms with Crippen LogP contribution in [-0.2, 0) is 0 Å². The number of nitrogens with one attached hydrogen (secondary N) is 1. The molecule has 114 valence electrons. The minimum atomic E-state index is -0.594. The van der Waals surface area contributed by atoms with Crippen molar-refractivity contribution in [3.05, 3.63) is 33.9 Å². The number of primary amides is 1. The number of nitrogens with zero attached hydrogens (tertiary/aromatic N) is 2. The predicted molar refractivity (Wildman–Crippen MR) is 80.4 cm³/mol. The Morgan fingerprint density at radius 3 is 2.95 bits per heavy atom. The number of hydrogen-bond donors (Lipinski definition) is 2. The lowest BCUT2D eigenvalue weighted by Crippen LogP contribution is -2.34. The van der Waals surface area contributed by atoms with Crippen molar-refractivity contribution in [2.24, 2.45) is 5.73 Å². The Hall–Kier alpha value is -2.15. The fourth-order valence-electron chi connectivity index (χ4n) is 2.76. The summed E-state index contributed by atoms with van der Waals surface area (Å²) in [5, 5.41) is 14.2. The lowest BCUT2D eigenvalue weighted by molar-refractivity contribution is -0.384. The number of carbonyl (C=O) groups is 1. The summed E-state index contributed by atoms with van der Waals surface area (Å²) in [7, 11) is 0. The Kier molecular flexibility index (Phi) is 4.74. The smallest absolute Gasteiger partial charge is 0.292 e. The first kappa shape index (κ1) is 15.2. The van der Waals surface area contributed by atoms with Gasteiger partial charge in [-0.3, -0.25) is 19.8 Å². The highest BCUT2D eigenvalue weighted by Gasteiger charge is 2.24. The minimum Gasteiger partial charge on any atom is -0.378 e. The molecule has 2 rings (SSSR count). The van der Waals surface area contributed by atoms with Gasteiger partial charge in [-0.2, -0.15) is 0 Å². The summed E-state index contributed by atoms with van der Waals surface area (Å²) in [5.74, 6) is -0.594. The van der Waals surface area contributed by atoms with Gasteiger partial charge in [0.05, 0.1) is 4.92 Å². The van der Waals surface area contributed by atoms with Crippen molar-refractivity contribution in [1.82, 2.24) is 4.90 Å². The van der Waals surface area contributed by atoms with Crippen LogP contribution in [0.5, 0.6) is 0 Å². The van der Waals surface area contributed by atoms with Gasteiger partial charge in [0, 0.05) is 24.2 Å². The van der Waals surface area contributed by atoms with E-state index in [1.807, 2.05) is 0 Å². The van der Waals surface area contributed by atoms with Crippen LogP contribution in [0.15, 0.2) is 18.2 Å². The van der Waals surface area contributed by atoms with E-state index in [1.165, 1.54) is 18.2 Å². The van der Waals surface area contributed by atoms with E-state index in [2.05, 4.69) is 17.1 Å². The molecule has 0 aromatic heterocycles. The van der Waals surface area contributed by atoms with Crippen molar-refractivity contribution >= 4 is 17.3 Å². The molecule has 0 bridgehead atoms. The summed E-state index contributed by atoms with van der Waals surface area (Å²) in [4.78, 5) is 24.2. The van der Waals surface area contributed by atoms with Gasteiger partial charge in [0.2, 0.25) is 5.91 Å². The molecule has 1 saturated heterocycles. The molecule has 1 fully saturated rings. The van der Waals surface area contributed by atoms with E-state index < -0.39 is 10.8 Å². The van der Waals surface area contributed by atoms with Gasteiger partial charge >= 0.3 is 0 Å². The maximum absolute atomic E-state index is 11.2. The number of carbonyl (C=O) groups excluding carboxylic acids is 1. The second-order valence-electron chi connectivity index (χ2n) is 5.16. The number of nitro groups is 1. The zero-order valence-electron chi connectivity index (χ0n) is 12.0. The van der Waals surface area contributed by atoms with Crippen molar-refractivity contribution in [3.63, 3.8) is 0 Å². The average molecular weight is 292 g/mol. The third-order valence-corrected chi connectivity index (χ3v) is 3.91. The monoisotopic (exact) mass is 292 g/mol. The second-order valence-corrected chi connectivity index (χ2v) is 5.16. The zero-order chi connectivity index (χ0) is 15.4. The molecule has 1 amide bonds. The maximum Gasteiger partial charge on any atom is 0.292 e. The number of nitrogens with two attached hydrogens (primary N) is 1. The molecular weight excluding hydrogens is 272 g/mol. The molecule has 1 unspecified atom stereocenters. The van der Waals surface area contributed by atoms with Crippen LogP contribution in [0.2, 0.25) is 0 Å². The van der Waals surface area contributed by atoms with Gasteiger partial charge in [0.25, 0.3) is 5.69 Å². The SMILES string of the molecule is CCN1CCCC1CNc1cc(C(N)=O)ccc1[N+](=O)[O-]. The number of likely N-dealkylation sites (tertiary alicyclic amines) is 1. The molecule has 1 aromatic carbocycles. The highest BCUT2D eigenvalue weighted by Crippen LogP contribution is 2.26. The Balaban J connectivity index is 2.15. The van der Waals surface area contributed by atoms with Crippen molar-refractivity contribution < 1.29 is 9.72 Å². The van der Waals surface area contributed by atoms with Gasteiger partial charge in [-0.1, -0.05) is 6.92 Å². The fraction of sp³-hybridized carbons (Fsp3) is 0.500. The highest BCUT2D eigenvalue weighted by molar-refractivity contribution is 5.94. The molecule has 1 aliphatic rings. The first-order chi connectivity index (χ1) is 10.0. The zero-order valence-corrected chi connectivity index (χ0v) is 12.0. The molecule has 7 heteroatoms. The molecule has 7 nitrogen and oxygen atoms in total. The molecular formula is C14H20N4O3. The highest BCUT2D eigenvalue weighted by atomic mass is 16.6. The molecule has 21 heavy (non-hydrogen) atoms. The van der Waals surface area contributed by atoms with E-state index in [1.54, 1.807) is 0 Å². The third-order valence-electron chi connectivity index (χ3n) is 3.91. The molecule has 1 atom stereocenters. The molecule has 3 N–H and O–H groups in total. The van der Waals surface area contributed by atoms with Gasteiger partial charge in [-0.05, 0) is 38.1 Å². The van der Waals surface area contributed by atoms with Crippen LogP contribution in [0.1, 0.15) is 30.1 Å². The molecule has 1 heterocycles. The standard InChI is InChI=1S/C14H20N4O3/c1-2-17-7-3-4-11(17)9-16-12-8-10(14(15)19)5-6-13(12)18(20)21/h5-6,8,11,16H,2-4,7,9H2,1H3,(H2,15,19). The lowest BCUT2D eigenvalue weighted by atomic mass is 10.1. The molecule has 0 aliphatic carbocycles. The van der Waals surface area contributed by atoms with Crippen molar-refractivity contribution in [1.29, 1.82) is 0 Å². The Labute approximate surface area is 123 Å². The summed E-state index contributed by atoms with van der Waals surface area (Å²) < 4.78 is 0. The number of amides is 1. The largest absolute Gasteiger partial charge is 0.378 e. The third kappa shape index (κ3) is 3.49. The minimum absolute atomic E-state index is 0.0407. The molecule has 0 saturated carbocycles. The first-order valence-electron chi connectivity index (χ1n) is 7.09. The summed E-state index contributed by atoms with van der Waals surface area (Å²) >= 11 is 0. The number of hydrogen-bond acceptors (Lipinski definition) is 5. The molecule has 0 radical (unpaired) electrons. The predicted octanol–water partition coefficient (Wildman–Crippen LogP) is 1.59. The Bertz CT molecular complexity index is 547. The van der Waals surface area contributed by atoms with E-state index in [0.29, 0.717) is 18.3 Å². The number of likely N-dealkylation sites (N-methyl/N-ethyl adjacent to an activating group) is 1. The Morgan fingerprint density at radius 2 is 2.33 bits per heavy atom. The Morgan fingerprint density at radius 1 is 1.57 bits per heavy atom. The number of benzene rings is 1. The van der Waals surface area contributed by atoms with Crippen LogP contribution in [0, 0.1) is 10.1 Å². The van der Waals surface area contributed by atoms with Crippen molar-refractivity contribution in [3.8, 4) is 0 Å². The molecule has 0 spiro atoms. The summed E-state index contributed by atoms with van der Waals surface area (Å²) in [6.45, 7) is 4.76. The van der Waals surface area contributed by atoms with Crippen molar-refractivity contribution in [2.45, 2.75) is 25.8 Å². The first-order valence-corrected chi connectivity index (χ1v) is 7.09. The van der Waals surface area contributed by atoms with Gasteiger partial charge in [0.1, 0.15) is 5.69 Å². The lowest BCUT2D eigenvalue weighted by Gasteiger charge is -2.23. The fourth-order valence-corrected chi connectivity index (χ4v) is 2.76. The number of nitro benzene ring substituents is 1. The van der Waals surface area contributed by atoms with E-state index in [0.717, 1.165) is 25.9 Å². The second kappa shape index (κ2) is 6.53. The summed E-state index contributed by atoms with van der Waals surface area (Å²) in [5.41, 5.74) is 5.80. The number of anilines is 1. The van der Waals surface area contributed by atoms with E-state index in [4.69, 9.17) is 5.73 Å². The van der Waals surface area contributed by atoms with E-state index in [9.17, 15) is 14.9 Å². The van der Waals surface area contributed by atoms with E-state index in [-0.39, 0.29) is 11.3 Å². The normalized spacial score (nSPS) is 18.6. The van der Waals surface area contributed by atoms with Crippen LogP contribution < -0.4 is 11.1 Å². The average Bonchev–Trinajstić information content (AvgIpc) is 2.91. The van der Waals surface area contributed by atoms with Crippen molar-refractivity contribution in [2.75, 3.05) is 25.0 Å². The molecule has 1 aliphatic heterocycles. The maximum atomic E-state index is 11.2.